The number of benzene rings is 1. The lowest BCUT2D eigenvalue weighted by Gasteiger charge is -2.24. The minimum absolute atomic E-state index is 0.523. The van der Waals surface area contributed by atoms with Crippen LogP contribution in [0.15, 0.2) is 24.3 Å². The maximum absolute atomic E-state index is 10.5. The molecule has 0 aliphatic rings. The van der Waals surface area contributed by atoms with E-state index < -0.39 is 5.60 Å². The second-order valence-electron chi connectivity index (χ2n) is 5.54. The average molecular weight is 265 g/mol. The molecule has 0 aromatic heterocycles. The van der Waals surface area contributed by atoms with Gasteiger partial charge in [0.25, 0.3) is 0 Å². The molecule has 1 rings (SSSR count). The molecule has 1 aromatic rings. The summed E-state index contributed by atoms with van der Waals surface area (Å²) in [5.41, 5.74) is 1.50. The third-order valence-corrected chi connectivity index (χ3v) is 3.47. The first-order chi connectivity index (χ1) is 8.97. The molecule has 19 heavy (non-hydrogen) atoms. The van der Waals surface area contributed by atoms with Gasteiger partial charge in [-0.3, -0.25) is 0 Å². The summed E-state index contributed by atoms with van der Waals surface area (Å²) in [5.74, 6) is 0.523. The minimum Gasteiger partial charge on any atom is -0.385 e. The largest absolute Gasteiger partial charge is 0.385 e. The highest BCUT2D eigenvalue weighted by molar-refractivity contribution is 5.28. The first-order valence-corrected chi connectivity index (χ1v) is 7.00. The number of hydrogen-bond donors (Lipinski definition) is 2. The summed E-state index contributed by atoms with van der Waals surface area (Å²) in [6.07, 6.45) is 0.692. The Balaban J connectivity index is 2.51. The second kappa shape index (κ2) is 7.63. The maximum atomic E-state index is 10.5. The summed E-state index contributed by atoms with van der Waals surface area (Å²) in [7, 11) is 1.69. The van der Waals surface area contributed by atoms with Gasteiger partial charge in [0.1, 0.15) is 0 Å². The van der Waals surface area contributed by atoms with Gasteiger partial charge in [0.15, 0.2) is 0 Å². The van der Waals surface area contributed by atoms with Gasteiger partial charge in [0.05, 0.1) is 12.2 Å². The molecule has 3 heteroatoms. The van der Waals surface area contributed by atoms with Gasteiger partial charge in [-0.2, -0.15) is 0 Å². The van der Waals surface area contributed by atoms with E-state index in [0.29, 0.717) is 18.9 Å². The molecule has 0 aliphatic carbocycles. The van der Waals surface area contributed by atoms with Crippen LogP contribution in [0.5, 0.6) is 0 Å². The topological polar surface area (TPSA) is 41.5 Å². The van der Waals surface area contributed by atoms with Crippen LogP contribution >= 0.6 is 0 Å². The van der Waals surface area contributed by atoms with E-state index in [9.17, 15) is 5.11 Å². The van der Waals surface area contributed by atoms with Crippen molar-refractivity contribution < 1.29 is 9.84 Å². The highest BCUT2D eigenvalue weighted by Gasteiger charge is 2.22. The fraction of sp³-hybridized carbons (Fsp3) is 0.625. The Morgan fingerprint density at radius 2 is 1.84 bits per heavy atom. The monoisotopic (exact) mass is 265 g/mol. The quantitative estimate of drug-likeness (QED) is 0.710. The van der Waals surface area contributed by atoms with Crippen molar-refractivity contribution in [2.75, 3.05) is 26.8 Å². The Morgan fingerprint density at radius 1 is 1.21 bits per heavy atom. The lowest BCUT2D eigenvalue weighted by Crippen LogP contribution is -2.29. The highest BCUT2D eigenvalue weighted by atomic mass is 16.5. The standard InChI is InChI=1S/C16H27NO2/c1-13(2)14-5-7-15(8-6-14)16(3,18)9-10-17-11-12-19-4/h5-8,13,17-18H,9-12H2,1-4H3. The Hall–Kier alpha value is -0.900. The number of rotatable bonds is 8. The van der Waals surface area contributed by atoms with Crippen molar-refractivity contribution in [1.29, 1.82) is 0 Å². The smallest absolute Gasteiger partial charge is 0.0880 e. The highest BCUT2D eigenvalue weighted by Crippen LogP contribution is 2.25. The van der Waals surface area contributed by atoms with Gasteiger partial charge in [-0.1, -0.05) is 38.1 Å². The molecule has 0 radical (unpaired) electrons. The first-order valence-electron chi connectivity index (χ1n) is 7.00. The molecule has 1 atom stereocenters. The van der Waals surface area contributed by atoms with E-state index >= 15 is 0 Å². The molecule has 0 aliphatic heterocycles. The first kappa shape index (κ1) is 16.2. The molecule has 0 bridgehead atoms. The molecule has 108 valence electrons. The molecule has 1 aromatic carbocycles. The summed E-state index contributed by atoms with van der Waals surface area (Å²) in [5, 5.41) is 13.8. The molecule has 0 amide bonds. The number of aliphatic hydroxyl groups is 1. The van der Waals surface area contributed by atoms with Crippen LogP contribution in [0.1, 0.15) is 44.2 Å². The van der Waals surface area contributed by atoms with E-state index in [2.05, 4.69) is 31.3 Å². The SMILES string of the molecule is COCCNCCC(C)(O)c1ccc(C(C)C)cc1. The van der Waals surface area contributed by atoms with Crippen molar-refractivity contribution in [2.24, 2.45) is 0 Å². The van der Waals surface area contributed by atoms with Gasteiger partial charge < -0.3 is 15.2 Å². The average Bonchev–Trinajstić information content (AvgIpc) is 2.38. The van der Waals surface area contributed by atoms with E-state index in [-0.39, 0.29) is 0 Å². The Bertz CT molecular complexity index is 358. The predicted molar refractivity (Wildman–Crippen MR) is 79.5 cm³/mol. The van der Waals surface area contributed by atoms with E-state index in [1.807, 2.05) is 19.1 Å². The van der Waals surface area contributed by atoms with E-state index in [4.69, 9.17) is 4.74 Å². The second-order valence-corrected chi connectivity index (χ2v) is 5.54. The van der Waals surface area contributed by atoms with Crippen molar-refractivity contribution in [2.45, 2.75) is 38.7 Å². The molecule has 0 fully saturated rings. The van der Waals surface area contributed by atoms with Gasteiger partial charge in [-0.05, 0) is 36.9 Å². The number of ether oxygens (including phenoxy) is 1. The summed E-state index contributed by atoms with van der Waals surface area (Å²) >= 11 is 0. The van der Waals surface area contributed by atoms with Gasteiger partial charge in [-0.25, -0.2) is 0 Å². The molecular formula is C16H27NO2. The lowest BCUT2D eigenvalue weighted by molar-refractivity contribution is 0.0475. The molecular weight excluding hydrogens is 238 g/mol. The van der Waals surface area contributed by atoms with Gasteiger partial charge in [0.2, 0.25) is 0 Å². The van der Waals surface area contributed by atoms with Gasteiger partial charge >= 0.3 is 0 Å². The van der Waals surface area contributed by atoms with Crippen LogP contribution in [-0.2, 0) is 10.3 Å². The van der Waals surface area contributed by atoms with Crippen molar-refractivity contribution in [1.82, 2.24) is 5.32 Å². The summed E-state index contributed by atoms with van der Waals surface area (Å²) in [6, 6.07) is 8.27. The molecule has 2 N–H and O–H groups in total. The summed E-state index contributed by atoms with van der Waals surface area (Å²) in [4.78, 5) is 0. The Labute approximate surface area is 117 Å². The molecule has 0 spiro atoms. The molecule has 0 saturated heterocycles. The molecule has 0 saturated carbocycles. The molecule has 1 unspecified atom stereocenters. The van der Waals surface area contributed by atoms with Crippen molar-refractivity contribution in [3.63, 3.8) is 0 Å². The third kappa shape index (κ3) is 5.31. The summed E-state index contributed by atoms with van der Waals surface area (Å²) < 4.78 is 4.97. The van der Waals surface area contributed by atoms with Gasteiger partial charge in [0, 0.05) is 13.7 Å². The summed E-state index contributed by atoms with van der Waals surface area (Å²) in [6.45, 7) is 8.52. The van der Waals surface area contributed by atoms with Crippen LogP contribution in [0.2, 0.25) is 0 Å². The van der Waals surface area contributed by atoms with Crippen LogP contribution in [0.25, 0.3) is 0 Å². The Morgan fingerprint density at radius 3 is 2.37 bits per heavy atom. The van der Waals surface area contributed by atoms with Crippen LogP contribution in [0.4, 0.5) is 0 Å². The van der Waals surface area contributed by atoms with Crippen molar-refractivity contribution in [3.8, 4) is 0 Å². The number of hydrogen-bond acceptors (Lipinski definition) is 3. The van der Waals surface area contributed by atoms with Crippen molar-refractivity contribution in [3.05, 3.63) is 35.4 Å². The normalized spacial score (nSPS) is 14.6. The Kier molecular flexibility index (Phi) is 6.49. The third-order valence-electron chi connectivity index (χ3n) is 3.47. The fourth-order valence-corrected chi connectivity index (χ4v) is 2.00. The van der Waals surface area contributed by atoms with E-state index in [1.165, 1.54) is 5.56 Å². The predicted octanol–water partition coefficient (Wildman–Crippen LogP) is 2.64. The van der Waals surface area contributed by atoms with Crippen LogP contribution < -0.4 is 5.32 Å². The van der Waals surface area contributed by atoms with Crippen LogP contribution in [0.3, 0.4) is 0 Å². The number of methoxy groups -OCH3 is 1. The van der Waals surface area contributed by atoms with Crippen LogP contribution in [-0.4, -0.2) is 31.9 Å². The lowest BCUT2D eigenvalue weighted by atomic mass is 9.90. The van der Waals surface area contributed by atoms with E-state index in [1.54, 1.807) is 7.11 Å². The van der Waals surface area contributed by atoms with Gasteiger partial charge in [-0.15, -0.1) is 0 Å². The molecule has 3 nitrogen and oxygen atoms in total. The number of nitrogens with one attached hydrogen (secondary N) is 1. The zero-order valence-corrected chi connectivity index (χ0v) is 12.6. The van der Waals surface area contributed by atoms with E-state index in [0.717, 1.165) is 18.7 Å². The minimum atomic E-state index is -0.782. The zero-order valence-electron chi connectivity index (χ0n) is 12.6. The molecule has 0 heterocycles. The van der Waals surface area contributed by atoms with Crippen molar-refractivity contribution >= 4 is 0 Å². The fourth-order valence-electron chi connectivity index (χ4n) is 2.00. The maximum Gasteiger partial charge on any atom is 0.0880 e. The zero-order chi connectivity index (χ0) is 14.3. The van der Waals surface area contributed by atoms with Crippen LogP contribution in [0, 0.1) is 0 Å².